The number of amidine groups is 1. The molecule has 1 aromatic heterocycles. The van der Waals surface area contributed by atoms with E-state index in [4.69, 9.17) is 5.41 Å². The highest BCUT2D eigenvalue weighted by Gasteiger charge is 2.36. The molecule has 0 bridgehead atoms. The highest BCUT2D eigenvalue weighted by atomic mass is 16.2. The van der Waals surface area contributed by atoms with E-state index in [1.165, 1.54) is 0 Å². The van der Waals surface area contributed by atoms with Crippen molar-refractivity contribution >= 4 is 23.2 Å². The zero-order chi connectivity index (χ0) is 20.9. The van der Waals surface area contributed by atoms with E-state index in [-0.39, 0.29) is 23.7 Å². The summed E-state index contributed by atoms with van der Waals surface area (Å²) in [6.45, 7) is 6.79. The lowest BCUT2D eigenvalue weighted by atomic mass is 9.76. The Hall–Kier alpha value is -3.02. The van der Waals surface area contributed by atoms with Crippen LogP contribution in [0.1, 0.15) is 60.1 Å². The summed E-state index contributed by atoms with van der Waals surface area (Å²) in [7, 11) is 1.78. The number of aromatic nitrogens is 1. The molecule has 0 fully saturated rings. The normalized spacial score (nSPS) is 17.4. The zero-order valence-corrected chi connectivity index (χ0v) is 17.4. The van der Waals surface area contributed by atoms with Gasteiger partial charge in [-0.15, -0.1) is 0 Å². The molecule has 6 heteroatoms. The van der Waals surface area contributed by atoms with Crippen molar-refractivity contribution in [2.24, 2.45) is 0 Å². The minimum Gasteiger partial charge on any atom is -0.343 e. The Morgan fingerprint density at radius 3 is 2.72 bits per heavy atom. The Labute approximate surface area is 171 Å². The molecule has 0 spiro atoms. The first-order chi connectivity index (χ1) is 13.7. The first-order valence-electron chi connectivity index (χ1n) is 9.98. The third-order valence-electron chi connectivity index (χ3n) is 6.01. The SMILES string of the molecule is CCc1ccc2c(n1)C(=N)N(CC(=O)c1ccc3c(c1)C(C)(C)CC(=O)N3C)C2. The number of nitrogens with zero attached hydrogens (tertiary/aromatic N) is 3. The maximum atomic E-state index is 13.0. The number of fused-ring (bicyclic) bond motifs is 2. The van der Waals surface area contributed by atoms with Gasteiger partial charge in [0, 0.05) is 47.9 Å². The van der Waals surface area contributed by atoms with Gasteiger partial charge in [0.2, 0.25) is 5.91 Å². The summed E-state index contributed by atoms with van der Waals surface area (Å²) in [5.74, 6) is 0.368. The van der Waals surface area contributed by atoms with Gasteiger partial charge in [-0.25, -0.2) is 4.98 Å². The number of aryl methyl sites for hydroxylation is 1. The van der Waals surface area contributed by atoms with Crippen molar-refractivity contribution in [3.8, 4) is 0 Å². The zero-order valence-electron chi connectivity index (χ0n) is 17.4. The van der Waals surface area contributed by atoms with Gasteiger partial charge >= 0.3 is 0 Å². The number of nitrogens with one attached hydrogen (secondary N) is 1. The lowest BCUT2D eigenvalue weighted by molar-refractivity contribution is -0.119. The maximum absolute atomic E-state index is 13.0. The summed E-state index contributed by atoms with van der Waals surface area (Å²) in [4.78, 5) is 33.3. The first-order valence-corrected chi connectivity index (χ1v) is 9.98. The Bertz CT molecular complexity index is 1040. The average Bonchev–Trinajstić information content (AvgIpc) is 3.00. The third-order valence-corrected chi connectivity index (χ3v) is 6.01. The summed E-state index contributed by atoms with van der Waals surface area (Å²) in [5.41, 5.74) is 4.81. The molecule has 0 unspecified atom stereocenters. The van der Waals surface area contributed by atoms with Crippen LogP contribution in [0.3, 0.4) is 0 Å². The average molecular weight is 390 g/mol. The van der Waals surface area contributed by atoms with Gasteiger partial charge in [0.1, 0.15) is 11.5 Å². The molecule has 0 aliphatic carbocycles. The van der Waals surface area contributed by atoms with E-state index in [2.05, 4.69) is 4.98 Å². The standard InChI is InChI=1S/C23H26N4O2/c1-5-16-8-6-15-12-27(22(24)21(15)25-16)13-19(28)14-7-9-18-17(10-14)23(2,3)11-20(29)26(18)4/h6-10,24H,5,11-13H2,1-4H3. The molecule has 2 aromatic rings. The van der Waals surface area contributed by atoms with Crippen LogP contribution in [0.15, 0.2) is 30.3 Å². The molecule has 1 N–H and O–H groups in total. The number of pyridine rings is 1. The number of ketones is 1. The molecule has 1 aromatic carbocycles. The second-order valence-electron chi connectivity index (χ2n) is 8.54. The Morgan fingerprint density at radius 1 is 1.24 bits per heavy atom. The van der Waals surface area contributed by atoms with Crippen LogP contribution in [0.4, 0.5) is 5.69 Å². The van der Waals surface area contributed by atoms with Gasteiger partial charge in [-0.1, -0.05) is 26.8 Å². The summed E-state index contributed by atoms with van der Waals surface area (Å²) in [6, 6.07) is 9.56. The van der Waals surface area contributed by atoms with E-state index >= 15 is 0 Å². The van der Waals surface area contributed by atoms with Crippen molar-refractivity contribution in [3.63, 3.8) is 0 Å². The maximum Gasteiger partial charge on any atom is 0.227 e. The van der Waals surface area contributed by atoms with E-state index in [0.29, 0.717) is 30.1 Å². The molecule has 0 saturated carbocycles. The molecule has 0 saturated heterocycles. The van der Waals surface area contributed by atoms with Crippen LogP contribution >= 0.6 is 0 Å². The van der Waals surface area contributed by atoms with Gasteiger partial charge in [-0.3, -0.25) is 15.0 Å². The number of anilines is 1. The molecule has 3 heterocycles. The van der Waals surface area contributed by atoms with E-state index in [9.17, 15) is 9.59 Å². The Morgan fingerprint density at radius 2 is 2.00 bits per heavy atom. The van der Waals surface area contributed by atoms with Crippen molar-refractivity contribution in [2.75, 3.05) is 18.5 Å². The molecule has 2 aliphatic heterocycles. The van der Waals surface area contributed by atoms with Crippen LogP contribution in [-0.4, -0.2) is 41.0 Å². The summed E-state index contributed by atoms with van der Waals surface area (Å²) >= 11 is 0. The largest absolute Gasteiger partial charge is 0.343 e. The van der Waals surface area contributed by atoms with Gasteiger partial charge in [0.25, 0.3) is 0 Å². The molecule has 29 heavy (non-hydrogen) atoms. The van der Waals surface area contributed by atoms with E-state index in [0.717, 1.165) is 28.9 Å². The van der Waals surface area contributed by atoms with Crippen LogP contribution in [0.5, 0.6) is 0 Å². The first kappa shape index (κ1) is 19.3. The van der Waals surface area contributed by atoms with Crippen LogP contribution in [0.2, 0.25) is 0 Å². The molecule has 150 valence electrons. The van der Waals surface area contributed by atoms with Gasteiger partial charge in [0.05, 0.1) is 6.54 Å². The van der Waals surface area contributed by atoms with E-state index in [1.807, 2.05) is 45.0 Å². The fourth-order valence-electron chi connectivity index (χ4n) is 4.16. The highest BCUT2D eigenvalue weighted by Crippen LogP contribution is 2.40. The van der Waals surface area contributed by atoms with E-state index < -0.39 is 0 Å². The minimum atomic E-state index is -0.313. The quantitative estimate of drug-likeness (QED) is 0.813. The molecule has 0 atom stereocenters. The van der Waals surface area contributed by atoms with E-state index in [1.54, 1.807) is 22.9 Å². The molecule has 2 aliphatic rings. The molecule has 6 nitrogen and oxygen atoms in total. The van der Waals surface area contributed by atoms with Gasteiger partial charge in [-0.05, 0) is 36.2 Å². The van der Waals surface area contributed by atoms with Crippen molar-refractivity contribution in [1.82, 2.24) is 9.88 Å². The third kappa shape index (κ3) is 3.22. The number of Topliss-reactive ketones (excluding diaryl/α,β-unsaturated/α-hetero) is 1. The van der Waals surface area contributed by atoms with Crippen molar-refractivity contribution in [3.05, 3.63) is 58.4 Å². The molecule has 0 radical (unpaired) electrons. The summed E-state index contributed by atoms with van der Waals surface area (Å²) in [6.07, 6.45) is 1.24. The van der Waals surface area contributed by atoms with Crippen LogP contribution in [0.25, 0.3) is 0 Å². The lowest BCUT2D eigenvalue weighted by Crippen LogP contribution is -2.39. The fraction of sp³-hybridized carbons (Fsp3) is 0.391. The fourth-order valence-corrected chi connectivity index (χ4v) is 4.16. The molecular weight excluding hydrogens is 364 g/mol. The molecular formula is C23H26N4O2. The number of rotatable bonds is 4. The Kier molecular flexibility index (Phi) is 4.52. The smallest absolute Gasteiger partial charge is 0.227 e. The van der Waals surface area contributed by atoms with Gasteiger partial charge in [0.15, 0.2) is 5.78 Å². The Balaban J connectivity index is 1.57. The van der Waals surface area contributed by atoms with Crippen molar-refractivity contribution in [1.29, 1.82) is 5.41 Å². The summed E-state index contributed by atoms with van der Waals surface area (Å²) < 4.78 is 0. The number of hydrogen-bond acceptors (Lipinski definition) is 4. The second-order valence-corrected chi connectivity index (χ2v) is 8.54. The van der Waals surface area contributed by atoms with Crippen LogP contribution < -0.4 is 4.90 Å². The topological polar surface area (TPSA) is 77.4 Å². The summed E-state index contributed by atoms with van der Waals surface area (Å²) in [5, 5.41) is 8.45. The number of carbonyl (C=O) groups is 2. The van der Waals surface area contributed by atoms with Crippen LogP contribution in [0, 0.1) is 5.41 Å². The lowest BCUT2D eigenvalue weighted by Gasteiger charge is -2.37. The van der Waals surface area contributed by atoms with Crippen molar-refractivity contribution < 1.29 is 9.59 Å². The van der Waals surface area contributed by atoms with Crippen molar-refractivity contribution in [2.45, 2.75) is 45.6 Å². The van der Waals surface area contributed by atoms with Gasteiger partial charge in [-0.2, -0.15) is 0 Å². The second kappa shape index (κ2) is 6.79. The predicted molar refractivity (Wildman–Crippen MR) is 113 cm³/mol. The minimum absolute atomic E-state index is 0.0311. The van der Waals surface area contributed by atoms with Crippen LogP contribution in [-0.2, 0) is 23.2 Å². The molecule has 1 amide bonds. The monoisotopic (exact) mass is 390 g/mol. The number of carbonyl (C=O) groups excluding carboxylic acids is 2. The molecule has 4 rings (SSSR count). The highest BCUT2D eigenvalue weighted by molar-refractivity contribution is 6.05. The number of amides is 1. The predicted octanol–water partition coefficient (Wildman–Crippen LogP) is 3.31. The number of benzene rings is 1. The van der Waals surface area contributed by atoms with Gasteiger partial charge < -0.3 is 9.80 Å². The number of hydrogen-bond donors (Lipinski definition) is 1.